The first-order valence-corrected chi connectivity index (χ1v) is 31.6. The lowest BCUT2D eigenvalue weighted by molar-refractivity contribution is -0.143. The number of rotatable bonds is 59. The molecule has 70 heavy (non-hydrogen) atoms. The molecule has 0 heterocycles. The Labute approximate surface area is 437 Å². The number of ether oxygens (including phenoxy) is 1. The van der Waals surface area contributed by atoms with Gasteiger partial charge in [-0.25, -0.2) is 0 Å². The first-order chi connectivity index (χ1) is 34.5. The molecular formula is C64H123NO5. The number of amides is 1. The molecule has 0 aliphatic heterocycles. The molecule has 2 atom stereocenters. The number of aliphatic hydroxyl groups is 2. The molecule has 0 rings (SSSR count). The Morgan fingerprint density at radius 3 is 1.01 bits per heavy atom. The largest absolute Gasteiger partial charge is 0.466 e. The molecule has 0 spiro atoms. The summed E-state index contributed by atoms with van der Waals surface area (Å²) >= 11 is 0. The van der Waals surface area contributed by atoms with Gasteiger partial charge in [-0.1, -0.05) is 301 Å². The maximum absolute atomic E-state index is 12.5. The van der Waals surface area contributed by atoms with Crippen LogP contribution in [0.2, 0.25) is 0 Å². The fourth-order valence-electron chi connectivity index (χ4n) is 9.87. The fraction of sp³-hybridized carbons (Fsp3) is 0.906. The van der Waals surface area contributed by atoms with Gasteiger partial charge in [-0.15, -0.1) is 0 Å². The van der Waals surface area contributed by atoms with Crippen molar-refractivity contribution < 1.29 is 24.5 Å². The van der Waals surface area contributed by atoms with Gasteiger partial charge < -0.3 is 20.3 Å². The summed E-state index contributed by atoms with van der Waals surface area (Å²) in [5.41, 5.74) is 0. The summed E-state index contributed by atoms with van der Waals surface area (Å²) in [7, 11) is 0. The van der Waals surface area contributed by atoms with E-state index < -0.39 is 12.1 Å². The second-order valence-corrected chi connectivity index (χ2v) is 21.7. The topological polar surface area (TPSA) is 95.9 Å². The van der Waals surface area contributed by atoms with Crippen LogP contribution in [-0.2, 0) is 14.3 Å². The van der Waals surface area contributed by atoms with Crippen LogP contribution >= 0.6 is 0 Å². The average molecular weight is 987 g/mol. The second-order valence-electron chi connectivity index (χ2n) is 21.7. The molecule has 6 heteroatoms. The van der Waals surface area contributed by atoms with Crippen LogP contribution in [0.5, 0.6) is 0 Å². The number of carbonyl (C=O) groups excluding carboxylic acids is 2. The van der Waals surface area contributed by atoms with Gasteiger partial charge in [0.25, 0.3) is 0 Å². The highest BCUT2D eigenvalue weighted by Gasteiger charge is 2.18. The van der Waals surface area contributed by atoms with Crippen LogP contribution in [0.25, 0.3) is 0 Å². The number of esters is 1. The summed E-state index contributed by atoms with van der Waals surface area (Å²) in [6.07, 6.45) is 73.5. The zero-order valence-corrected chi connectivity index (χ0v) is 47.3. The molecule has 0 bridgehead atoms. The van der Waals surface area contributed by atoms with E-state index in [1.165, 1.54) is 263 Å². The minimum Gasteiger partial charge on any atom is -0.466 e. The molecule has 0 fully saturated rings. The van der Waals surface area contributed by atoms with Gasteiger partial charge in [0.2, 0.25) is 5.91 Å². The predicted octanol–water partition coefficient (Wildman–Crippen LogP) is 19.8. The highest BCUT2D eigenvalue weighted by molar-refractivity contribution is 5.76. The van der Waals surface area contributed by atoms with E-state index in [0.717, 1.165) is 57.8 Å². The Bertz CT molecular complexity index is 1090. The van der Waals surface area contributed by atoms with Crippen LogP contribution in [0.4, 0.5) is 0 Å². The summed E-state index contributed by atoms with van der Waals surface area (Å²) in [6, 6.07) is -0.637. The summed E-state index contributed by atoms with van der Waals surface area (Å²) in [6.45, 7) is 4.90. The number of allylic oxidation sites excluding steroid dienone is 3. The van der Waals surface area contributed by atoms with E-state index in [1.807, 2.05) is 6.08 Å². The molecular weight excluding hydrogens is 863 g/mol. The number of aliphatic hydroxyl groups excluding tert-OH is 2. The summed E-state index contributed by atoms with van der Waals surface area (Å²) in [5.74, 6) is -0.0811. The third-order valence-electron chi connectivity index (χ3n) is 14.7. The van der Waals surface area contributed by atoms with Crippen molar-refractivity contribution in [3.63, 3.8) is 0 Å². The van der Waals surface area contributed by atoms with Gasteiger partial charge in [0.1, 0.15) is 0 Å². The third kappa shape index (κ3) is 55.7. The molecule has 0 saturated carbocycles. The van der Waals surface area contributed by atoms with Crippen LogP contribution in [-0.4, -0.2) is 47.4 Å². The highest BCUT2D eigenvalue weighted by Crippen LogP contribution is 2.18. The quantitative estimate of drug-likeness (QED) is 0.0321. The van der Waals surface area contributed by atoms with Crippen molar-refractivity contribution in [2.24, 2.45) is 0 Å². The van der Waals surface area contributed by atoms with E-state index in [-0.39, 0.29) is 18.5 Å². The first kappa shape index (κ1) is 68.3. The van der Waals surface area contributed by atoms with Gasteiger partial charge in [-0.2, -0.15) is 0 Å². The molecule has 3 N–H and O–H groups in total. The molecule has 0 aliphatic rings. The summed E-state index contributed by atoms with van der Waals surface area (Å²) < 4.78 is 5.48. The van der Waals surface area contributed by atoms with Crippen molar-refractivity contribution in [3.05, 3.63) is 24.3 Å². The molecule has 414 valence electrons. The van der Waals surface area contributed by atoms with E-state index in [1.54, 1.807) is 6.08 Å². The smallest absolute Gasteiger partial charge is 0.305 e. The number of hydrogen-bond donors (Lipinski definition) is 3. The van der Waals surface area contributed by atoms with Crippen LogP contribution in [0, 0.1) is 0 Å². The standard InChI is InChI=1S/C64H123NO5/c1-3-5-7-9-11-13-15-17-19-21-22-23-24-25-27-28-32-36-40-44-48-52-56-62(67)61(60-66)65-63(68)57-53-49-45-41-37-33-30-31-35-39-43-47-51-55-59-70-64(69)58-54-50-46-42-38-34-29-26-20-18-16-14-12-10-8-6-4-2/h18,20,52,56,61-62,66-67H,3-17,19,21-51,53-55,57-60H2,1-2H3,(H,65,68)/b20-18-,56-52+. The van der Waals surface area contributed by atoms with Crippen LogP contribution in [0.15, 0.2) is 24.3 Å². The van der Waals surface area contributed by atoms with Crippen molar-refractivity contribution in [1.82, 2.24) is 5.32 Å². The van der Waals surface area contributed by atoms with Crippen LogP contribution < -0.4 is 5.32 Å². The monoisotopic (exact) mass is 986 g/mol. The van der Waals surface area contributed by atoms with Crippen molar-refractivity contribution in [2.45, 2.75) is 360 Å². The van der Waals surface area contributed by atoms with E-state index in [2.05, 4.69) is 31.3 Å². The lowest BCUT2D eigenvalue weighted by Gasteiger charge is -2.20. The molecule has 2 unspecified atom stereocenters. The van der Waals surface area contributed by atoms with Crippen molar-refractivity contribution in [2.75, 3.05) is 13.2 Å². The Kier molecular flexibility index (Phi) is 58.5. The number of hydrogen-bond acceptors (Lipinski definition) is 5. The van der Waals surface area contributed by atoms with Gasteiger partial charge in [0.15, 0.2) is 0 Å². The number of unbranched alkanes of at least 4 members (excludes halogenated alkanes) is 46. The lowest BCUT2D eigenvalue weighted by atomic mass is 10.0. The third-order valence-corrected chi connectivity index (χ3v) is 14.7. The van der Waals surface area contributed by atoms with E-state index in [9.17, 15) is 19.8 Å². The summed E-state index contributed by atoms with van der Waals surface area (Å²) in [5, 5.41) is 23.2. The van der Waals surface area contributed by atoms with Gasteiger partial charge >= 0.3 is 5.97 Å². The Morgan fingerprint density at radius 1 is 0.386 bits per heavy atom. The minimum absolute atomic E-state index is 0.00592. The Morgan fingerprint density at radius 2 is 0.671 bits per heavy atom. The molecule has 0 radical (unpaired) electrons. The normalized spacial score (nSPS) is 12.7. The Balaban J connectivity index is 3.46. The van der Waals surface area contributed by atoms with Gasteiger partial charge in [-0.3, -0.25) is 9.59 Å². The van der Waals surface area contributed by atoms with Crippen molar-refractivity contribution in [1.29, 1.82) is 0 Å². The molecule has 1 amide bonds. The van der Waals surface area contributed by atoms with E-state index in [4.69, 9.17) is 4.74 Å². The summed E-state index contributed by atoms with van der Waals surface area (Å²) in [4.78, 5) is 24.6. The molecule has 0 aromatic rings. The van der Waals surface area contributed by atoms with Crippen molar-refractivity contribution >= 4 is 11.9 Å². The lowest BCUT2D eigenvalue weighted by Crippen LogP contribution is -2.45. The van der Waals surface area contributed by atoms with Gasteiger partial charge in [0.05, 0.1) is 25.4 Å². The second kappa shape index (κ2) is 59.9. The highest BCUT2D eigenvalue weighted by atomic mass is 16.5. The fourth-order valence-corrected chi connectivity index (χ4v) is 9.87. The zero-order chi connectivity index (χ0) is 50.7. The molecule has 0 aliphatic carbocycles. The molecule has 6 nitrogen and oxygen atoms in total. The maximum atomic E-state index is 12.5. The van der Waals surface area contributed by atoms with Gasteiger partial charge in [-0.05, 0) is 57.8 Å². The zero-order valence-electron chi connectivity index (χ0n) is 47.3. The molecule has 0 aromatic heterocycles. The number of carbonyl (C=O) groups is 2. The van der Waals surface area contributed by atoms with E-state index in [0.29, 0.717) is 19.4 Å². The molecule has 0 saturated heterocycles. The molecule has 0 aromatic carbocycles. The number of nitrogens with one attached hydrogen (secondary N) is 1. The van der Waals surface area contributed by atoms with Crippen LogP contribution in [0.3, 0.4) is 0 Å². The van der Waals surface area contributed by atoms with Crippen LogP contribution in [0.1, 0.15) is 348 Å². The Hall–Kier alpha value is -1.66. The maximum Gasteiger partial charge on any atom is 0.305 e. The van der Waals surface area contributed by atoms with E-state index >= 15 is 0 Å². The predicted molar refractivity (Wildman–Crippen MR) is 306 cm³/mol. The van der Waals surface area contributed by atoms with Crippen molar-refractivity contribution in [3.8, 4) is 0 Å². The SMILES string of the molecule is CCCCCCCC/C=C\CCCCCCCCCC(=O)OCCCCCCCCCCCCCCCCC(=O)NC(CO)C(O)/C=C/CCCCCCCCCCCCCCCCCCCCCC. The average Bonchev–Trinajstić information content (AvgIpc) is 3.36. The van der Waals surface area contributed by atoms with Gasteiger partial charge in [0, 0.05) is 12.8 Å². The minimum atomic E-state index is -0.853. The first-order valence-electron chi connectivity index (χ1n) is 31.6.